The highest BCUT2D eigenvalue weighted by atomic mass is 32.2. The molecule has 0 aliphatic carbocycles. The van der Waals surface area contributed by atoms with Crippen molar-refractivity contribution < 1.29 is 28.5 Å². The number of rotatable bonds is 3. The Morgan fingerprint density at radius 2 is 1.80 bits per heavy atom. The molecule has 1 aliphatic heterocycles. The Kier molecular flexibility index (Phi) is 3.69. The monoisotopic (exact) mass is 302 g/mol. The molecule has 1 aromatic carbocycles. The topological polar surface area (TPSA) is 141 Å². The van der Waals surface area contributed by atoms with Crippen LogP contribution in [0.2, 0.25) is 0 Å². The molecule has 1 saturated heterocycles. The van der Waals surface area contributed by atoms with Crippen molar-refractivity contribution in [2.75, 3.05) is 18.8 Å². The lowest BCUT2D eigenvalue weighted by Crippen LogP contribution is -2.31. The number of benzene rings is 1. The number of hydrogen-bond donors (Lipinski definition) is 4. The minimum atomic E-state index is -4.12. The Bertz CT molecular complexity index is 634. The van der Waals surface area contributed by atoms with Gasteiger partial charge in [-0.15, -0.1) is 0 Å². The molecule has 0 bridgehead atoms. The average Bonchev–Trinajstić information content (AvgIpc) is 2.70. The van der Waals surface area contributed by atoms with Crippen molar-refractivity contribution in [2.24, 2.45) is 0 Å². The lowest BCUT2D eigenvalue weighted by atomic mass is 10.2. The van der Waals surface area contributed by atoms with Crippen LogP contribution in [0.25, 0.3) is 0 Å². The van der Waals surface area contributed by atoms with E-state index in [1.54, 1.807) is 0 Å². The van der Waals surface area contributed by atoms with Gasteiger partial charge in [-0.25, -0.2) is 13.2 Å². The lowest BCUT2D eigenvalue weighted by Gasteiger charge is -2.17. The zero-order valence-electron chi connectivity index (χ0n) is 10.3. The quantitative estimate of drug-likeness (QED) is 0.508. The smallest absolute Gasteiger partial charge is 0.337 e. The van der Waals surface area contributed by atoms with Crippen molar-refractivity contribution in [3.8, 4) is 0 Å². The second-order valence-corrected chi connectivity index (χ2v) is 6.42. The third-order valence-corrected chi connectivity index (χ3v) is 4.97. The van der Waals surface area contributed by atoms with Gasteiger partial charge in [-0.2, -0.15) is 4.31 Å². The molecule has 1 fully saturated rings. The lowest BCUT2D eigenvalue weighted by molar-refractivity contribution is 0.0572. The highest BCUT2D eigenvalue weighted by Crippen LogP contribution is 2.25. The van der Waals surface area contributed by atoms with Crippen LogP contribution in [0.5, 0.6) is 0 Å². The van der Waals surface area contributed by atoms with Gasteiger partial charge >= 0.3 is 5.97 Å². The van der Waals surface area contributed by atoms with E-state index >= 15 is 0 Å². The van der Waals surface area contributed by atoms with Gasteiger partial charge in [-0.1, -0.05) is 0 Å². The first-order chi connectivity index (χ1) is 9.23. The number of nitrogen functional groups attached to an aromatic ring is 1. The Hall–Kier alpha value is -1.68. The molecule has 2 atom stereocenters. The number of aromatic carboxylic acids is 1. The minimum absolute atomic E-state index is 0.128. The molecule has 2 unspecified atom stereocenters. The number of anilines is 1. The van der Waals surface area contributed by atoms with Gasteiger partial charge in [0.1, 0.15) is 0 Å². The van der Waals surface area contributed by atoms with Crippen LogP contribution in [-0.2, 0) is 10.0 Å². The predicted octanol–water partition coefficient (Wildman–Crippen LogP) is -1.31. The summed E-state index contributed by atoms with van der Waals surface area (Å²) in [5, 5.41) is 27.9. The van der Waals surface area contributed by atoms with Gasteiger partial charge in [-0.05, 0) is 18.2 Å². The fraction of sp³-hybridized carbons (Fsp3) is 0.364. The zero-order chi connectivity index (χ0) is 15.1. The Labute approximate surface area is 115 Å². The van der Waals surface area contributed by atoms with E-state index in [1.807, 2.05) is 0 Å². The molecule has 0 saturated carbocycles. The molecule has 0 spiro atoms. The van der Waals surface area contributed by atoms with Gasteiger partial charge in [0.05, 0.1) is 22.7 Å². The van der Waals surface area contributed by atoms with Crippen LogP contribution >= 0.6 is 0 Å². The summed E-state index contributed by atoms with van der Waals surface area (Å²) in [4.78, 5) is 10.7. The SMILES string of the molecule is Nc1ccc(S(=O)(=O)N2CC(O)C(O)C2)c(C(=O)O)c1. The maximum absolute atomic E-state index is 12.4. The maximum Gasteiger partial charge on any atom is 0.337 e. The predicted molar refractivity (Wildman–Crippen MR) is 68.6 cm³/mol. The Morgan fingerprint density at radius 1 is 1.25 bits per heavy atom. The largest absolute Gasteiger partial charge is 0.478 e. The highest BCUT2D eigenvalue weighted by molar-refractivity contribution is 7.89. The molecule has 0 radical (unpaired) electrons. The molecule has 5 N–H and O–H groups in total. The van der Waals surface area contributed by atoms with E-state index in [9.17, 15) is 23.4 Å². The summed E-state index contributed by atoms with van der Waals surface area (Å²) in [5.74, 6) is -1.42. The Morgan fingerprint density at radius 3 is 2.30 bits per heavy atom. The first-order valence-electron chi connectivity index (χ1n) is 5.72. The second kappa shape index (κ2) is 5.02. The molecular formula is C11H14N2O6S. The molecule has 0 aromatic heterocycles. The number of carbonyl (C=O) groups is 1. The van der Waals surface area contributed by atoms with Crippen molar-refractivity contribution in [2.45, 2.75) is 17.1 Å². The fourth-order valence-electron chi connectivity index (χ4n) is 2.01. The van der Waals surface area contributed by atoms with Gasteiger partial charge in [0, 0.05) is 18.8 Å². The molecule has 8 nitrogen and oxygen atoms in total. The molecule has 1 heterocycles. The molecule has 0 amide bonds. The summed E-state index contributed by atoms with van der Waals surface area (Å²) in [6.07, 6.45) is -2.38. The van der Waals surface area contributed by atoms with Crippen LogP contribution in [0.4, 0.5) is 5.69 Å². The standard InChI is InChI=1S/C11H14N2O6S/c12-6-1-2-10(7(3-6)11(16)17)20(18,19)13-4-8(14)9(15)5-13/h1-3,8-9,14-15H,4-5,12H2,(H,16,17). The summed E-state index contributed by atoms with van der Waals surface area (Å²) in [7, 11) is -4.12. The molecule has 1 aromatic rings. The number of sulfonamides is 1. The second-order valence-electron chi connectivity index (χ2n) is 4.52. The highest BCUT2D eigenvalue weighted by Gasteiger charge is 2.39. The van der Waals surface area contributed by atoms with Crippen molar-refractivity contribution in [1.82, 2.24) is 4.31 Å². The van der Waals surface area contributed by atoms with E-state index in [-0.39, 0.29) is 18.8 Å². The van der Waals surface area contributed by atoms with Gasteiger partial charge in [0.25, 0.3) is 0 Å². The number of aliphatic hydroxyl groups is 2. The van der Waals surface area contributed by atoms with Crippen LogP contribution in [-0.4, -0.2) is 59.3 Å². The summed E-state index contributed by atoms with van der Waals surface area (Å²) < 4.78 is 25.6. The van der Waals surface area contributed by atoms with Crippen LogP contribution in [0.3, 0.4) is 0 Å². The van der Waals surface area contributed by atoms with Crippen molar-refractivity contribution in [1.29, 1.82) is 0 Å². The van der Waals surface area contributed by atoms with Gasteiger partial charge in [0.2, 0.25) is 10.0 Å². The van der Waals surface area contributed by atoms with Crippen LogP contribution in [0.15, 0.2) is 23.1 Å². The number of hydrogen-bond acceptors (Lipinski definition) is 6. The normalized spacial score (nSPS) is 23.9. The molecule has 1 aliphatic rings. The van der Waals surface area contributed by atoms with Crippen molar-refractivity contribution in [3.63, 3.8) is 0 Å². The number of nitrogens with zero attached hydrogens (tertiary/aromatic N) is 1. The number of β-amino-alcohol motifs (C(OH)–C–C–N with tert-alkyl or cyclic N) is 2. The van der Waals surface area contributed by atoms with E-state index < -0.39 is 38.7 Å². The summed E-state index contributed by atoms with van der Waals surface area (Å²) in [5.41, 5.74) is 5.14. The van der Waals surface area contributed by atoms with E-state index in [0.29, 0.717) is 0 Å². The van der Waals surface area contributed by atoms with E-state index in [1.165, 1.54) is 6.07 Å². The fourth-order valence-corrected chi connectivity index (χ4v) is 3.65. The number of carboxylic acids is 1. The molecule has 110 valence electrons. The van der Waals surface area contributed by atoms with Gasteiger partial charge in [0.15, 0.2) is 0 Å². The third kappa shape index (κ3) is 2.48. The minimum Gasteiger partial charge on any atom is -0.478 e. The first-order valence-corrected chi connectivity index (χ1v) is 7.16. The zero-order valence-corrected chi connectivity index (χ0v) is 11.1. The molecular weight excluding hydrogens is 288 g/mol. The van der Waals surface area contributed by atoms with Crippen LogP contribution in [0, 0.1) is 0 Å². The number of nitrogens with two attached hydrogens (primary N) is 1. The third-order valence-electron chi connectivity index (χ3n) is 3.08. The van der Waals surface area contributed by atoms with E-state index in [4.69, 9.17) is 10.8 Å². The maximum atomic E-state index is 12.4. The average molecular weight is 302 g/mol. The molecule has 9 heteroatoms. The van der Waals surface area contributed by atoms with E-state index in [2.05, 4.69) is 0 Å². The number of aliphatic hydroxyl groups excluding tert-OH is 2. The Balaban J connectivity index is 2.48. The van der Waals surface area contributed by atoms with Gasteiger partial charge in [-0.3, -0.25) is 0 Å². The summed E-state index contributed by atoms with van der Waals surface area (Å²) in [6.45, 7) is -0.570. The van der Waals surface area contributed by atoms with Crippen LogP contribution < -0.4 is 5.73 Å². The van der Waals surface area contributed by atoms with Crippen LogP contribution in [0.1, 0.15) is 10.4 Å². The van der Waals surface area contributed by atoms with Gasteiger partial charge < -0.3 is 21.1 Å². The summed E-state index contributed by atoms with van der Waals surface area (Å²) in [6, 6.07) is 3.44. The number of carboxylic acid groups (broad SMARTS) is 1. The van der Waals surface area contributed by atoms with E-state index in [0.717, 1.165) is 16.4 Å². The summed E-state index contributed by atoms with van der Waals surface area (Å²) >= 11 is 0. The first kappa shape index (κ1) is 14.7. The van der Waals surface area contributed by atoms with Crippen molar-refractivity contribution in [3.05, 3.63) is 23.8 Å². The van der Waals surface area contributed by atoms with Crippen molar-refractivity contribution >= 4 is 21.7 Å². The molecule has 20 heavy (non-hydrogen) atoms. The molecule has 2 rings (SSSR count).